The van der Waals surface area contributed by atoms with Crippen molar-refractivity contribution in [1.82, 2.24) is 14.0 Å². The molecule has 0 aliphatic heterocycles. The first kappa shape index (κ1) is 28.3. The van der Waals surface area contributed by atoms with Gasteiger partial charge in [-0.1, -0.05) is 47.1 Å². The highest BCUT2D eigenvalue weighted by atomic mass is 79.9. The zero-order chi connectivity index (χ0) is 21.8. The van der Waals surface area contributed by atoms with Crippen molar-refractivity contribution in [2.75, 3.05) is 13.6 Å². The largest absolute Gasteiger partial charge is 0.346 e. The predicted octanol–water partition coefficient (Wildman–Crippen LogP) is 5.15. The highest BCUT2D eigenvalue weighted by molar-refractivity contribution is 9.10. The van der Waals surface area contributed by atoms with E-state index in [1.54, 1.807) is 35.6 Å². The van der Waals surface area contributed by atoms with E-state index in [1.165, 1.54) is 0 Å². The molecule has 0 atom stereocenters. The first-order chi connectivity index (χ1) is 14.3. The lowest BCUT2D eigenvalue weighted by Gasteiger charge is -2.15. The van der Waals surface area contributed by atoms with E-state index in [1.807, 2.05) is 28.8 Å². The summed E-state index contributed by atoms with van der Waals surface area (Å²) in [5.41, 5.74) is 3.97. The fraction of sp³-hybridized carbons (Fsp3) is 0.348. The standard InChI is InChI=1S/C23H27BrN4O2.2BrH/c1-4-17-7-5-8-20-22(17)27(14-6-13-26(3)16(2)29)23(25)28(20)15-21(30)18-9-11-19(24)12-10-18;;/h5,7-12,25H,4,6,13-15H2,1-3H3;2*1H. The number of Topliss-reactive ketones (excluding diaryl/α,β-unsaturated/α-hetero) is 1. The van der Waals surface area contributed by atoms with Crippen LogP contribution in [-0.2, 0) is 24.3 Å². The molecule has 1 N–H and O–H groups in total. The van der Waals surface area contributed by atoms with Crippen LogP contribution in [0.3, 0.4) is 0 Å². The van der Waals surface area contributed by atoms with Gasteiger partial charge in [-0.25, -0.2) is 0 Å². The molecule has 1 amide bonds. The number of imidazole rings is 1. The van der Waals surface area contributed by atoms with E-state index < -0.39 is 0 Å². The summed E-state index contributed by atoms with van der Waals surface area (Å²) in [7, 11) is 1.78. The van der Waals surface area contributed by atoms with E-state index >= 15 is 0 Å². The fourth-order valence-electron chi connectivity index (χ4n) is 3.63. The molecule has 3 rings (SSSR count). The Morgan fingerprint density at radius 2 is 1.72 bits per heavy atom. The number of hydrogen-bond acceptors (Lipinski definition) is 3. The van der Waals surface area contributed by atoms with Crippen molar-refractivity contribution >= 4 is 72.6 Å². The van der Waals surface area contributed by atoms with Gasteiger partial charge in [0.15, 0.2) is 5.78 Å². The Labute approximate surface area is 217 Å². The number of hydrogen-bond donors (Lipinski definition) is 1. The van der Waals surface area contributed by atoms with Gasteiger partial charge in [-0.05, 0) is 36.6 Å². The Hall–Kier alpha value is -1.71. The number of nitrogens with zero attached hydrogens (tertiary/aromatic N) is 3. The summed E-state index contributed by atoms with van der Waals surface area (Å²) in [5, 5.41) is 8.79. The maximum atomic E-state index is 12.9. The van der Waals surface area contributed by atoms with Crippen LogP contribution >= 0.6 is 49.9 Å². The Bertz CT molecular complexity index is 1140. The molecule has 0 radical (unpaired) electrons. The summed E-state index contributed by atoms with van der Waals surface area (Å²) >= 11 is 3.39. The summed E-state index contributed by atoms with van der Waals surface area (Å²) < 4.78 is 4.68. The molecular formula is C23H29Br3N4O2. The molecule has 6 nitrogen and oxygen atoms in total. The van der Waals surface area contributed by atoms with E-state index in [0.717, 1.165) is 33.9 Å². The molecule has 0 bridgehead atoms. The van der Waals surface area contributed by atoms with Crippen molar-refractivity contribution in [2.45, 2.75) is 39.8 Å². The smallest absolute Gasteiger partial charge is 0.219 e. The number of benzene rings is 2. The average molecular weight is 633 g/mol. The Kier molecular flexibility index (Phi) is 11.1. The maximum absolute atomic E-state index is 12.9. The first-order valence-corrected chi connectivity index (χ1v) is 10.9. The molecule has 174 valence electrons. The van der Waals surface area contributed by atoms with Gasteiger partial charge in [0.1, 0.15) is 0 Å². The molecule has 0 saturated heterocycles. The minimum Gasteiger partial charge on any atom is -0.346 e. The van der Waals surface area contributed by atoms with Crippen molar-refractivity contribution < 1.29 is 9.59 Å². The van der Waals surface area contributed by atoms with Crippen molar-refractivity contribution in [2.24, 2.45) is 0 Å². The van der Waals surface area contributed by atoms with Crippen molar-refractivity contribution in [3.8, 4) is 0 Å². The van der Waals surface area contributed by atoms with Gasteiger partial charge in [-0.15, -0.1) is 34.0 Å². The van der Waals surface area contributed by atoms with Gasteiger partial charge >= 0.3 is 0 Å². The zero-order valence-electron chi connectivity index (χ0n) is 18.4. The highest BCUT2D eigenvalue weighted by Gasteiger charge is 2.17. The number of fused-ring (bicyclic) bond motifs is 1. The van der Waals surface area contributed by atoms with Crippen LogP contribution in [0.1, 0.15) is 36.2 Å². The topological polar surface area (TPSA) is 71.1 Å². The molecular weight excluding hydrogens is 604 g/mol. The van der Waals surface area contributed by atoms with Crippen LogP contribution < -0.4 is 5.62 Å². The number of carbonyl (C=O) groups excluding carboxylic acids is 2. The third kappa shape index (κ3) is 6.20. The second kappa shape index (κ2) is 12.5. The highest BCUT2D eigenvalue weighted by Crippen LogP contribution is 2.20. The van der Waals surface area contributed by atoms with Gasteiger partial charge in [-0.2, -0.15) is 0 Å². The van der Waals surface area contributed by atoms with Crippen molar-refractivity contribution in [1.29, 1.82) is 5.41 Å². The summed E-state index contributed by atoms with van der Waals surface area (Å²) in [6, 6.07) is 13.3. The molecule has 0 aliphatic rings. The first-order valence-electron chi connectivity index (χ1n) is 10.1. The summed E-state index contributed by atoms with van der Waals surface area (Å²) in [4.78, 5) is 26.1. The number of aryl methyl sites for hydroxylation is 2. The molecule has 32 heavy (non-hydrogen) atoms. The van der Waals surface area contributed by atoms with Gasteiger partial charge in [0.2, 0.25) is 11.5 Å². The quantitative estimate of drug-likeness (QED) is 0.349. The second-order valence-electron chi connectivity index (χ2n) is 7.42. The minimum atomic E-state index is -0.0294. The molecule has 9 heteroatoms. The van der Waals surface area contributed by atoms with Crippen LogP contribution in [0.15, 0.2) is 46.9 Å². The van der Waals surface area contributed by atoms with E-state index in [4.69, 9.17) is 5.41 Å². The maximum Gasteiger partial charge on any atom is 0.219 e. The Morgan fingerprint density at radius 1 is 1.06 bits per heavy atom. The van der Waals surface area contributed by atoms with Gasteiger partial charge < -0.3 is 14.0 Å². The SMILES string of the molecule is Br.Br.CCc1cccc2c1n(CCCN(C)C(C)=O)c(=N)n2CC(=O)c1ccc(Br)cc1. The number of aromatic nitrogens is 2. The van der Waals surface area contributed by atoms with Crippen LogP contribution in [0, 0.1) is 5.41 Å². The lowest BCUT2D eigenvalue weighted by atomic mass is 10.1. The molecule has 0 spiro atoms. The van der Waals surface area contributed by atoms with Gasteiger partial charge in [-0.3, -0.25) is 15.0 Å². The molecule has 1 aromatic heterocycles. The third-order valence-corrected chi connectivity index (χ3v) is 5.96. The molecule has 3 aromatic rings. The molecule has 0 aliphatic carbocycles. The predicted molar refractivity (Wildman–Crippen MR) is 142 cm³/mol. The van der Waals surface area contributed by atoms with Crippen LogP contribution in [-0.4, -0.2) is 39.3 Å². The van der Waals surface area contributed by atoms with Crippen molar-refractivity contribution in [3.05, 3.63) is 63.7 Å². The Morgan fingerprint density at radius 3 is 2.31 bits per heavy atom. The van der Waals surface area contributed by atoms with Crippen LogP contribution in [0.25, 0.3) is 11.0 Å². The molecule has 2 aromatic carbocycles. The molecule has 0 fully saturated rings. The van der Waals surface area contributed by atoms with E-state index in [2.05, 4.69) is 28.9 Å². The lowest BCUT2D eigenvalue weighted by molar-refractivity contribution is -0.127. The third-order valence-electron chi connectivity index (χ3n) is 5.43. The van der Waals surface area contributed by atoms with E-state index in [0.29, 0.717) is 24.3 Å². The number of amides is 1. The number of para-hydroxylation sites is 1. The summed E-state index contributed by atoms with van der Waals surface area (Å²) in [5.74, 6) is 0.00105. The van der Waals surface area contributed by atoms with Crippen LogP contribution in [0.4, 0.5) is 0 Å². The van der Waals surface area contributed by atoms with Crippen LogP contribution in [0.5, 0.6) is 0 Å². The molecule has 0 unspecified atom stereocenters. The minimum absolute atomic E-state index is 0. The number of ketones is 1. The zero-order valence-corrected chi connectivity index (χ0v) is 23.4. The number of halogens is 3. The van der Waals surface area contributed by atoms with Gasteiger partial charge in [0.05, 0.1) is 17.6 Å². The Balaban J connectivity index is 0.00000256. The molecule has 1 heterocycles. The van der Waals surface area contributed by atoms with Gasteiger partial charge in [0.25, 0.3) is 0 Å². The average Bonchev–Trinajstić information content (AvgIpc) is 2.99. The molecule has 0 saturated carbocycles. The number of nitrogens with one attached hydrogen (secondary N) is 1. The van der Waals surface area contributed by atoms with Crippen LogP contribution in [0.2, 0.25) is 0 Å². The summed E-state index contributed by atoms with van der Waals surface area (Å²) in [6.45, 7) is 5.00. The number of carbonyl (C=O) groups is 2. The second-order valence-corrected chi connectivity index (χ2v) is 8.34. The number of rotatable bonds is 8. The van der Waals surface area contributed by atoms with E-state index in [-0.39, 0.29) is 52.2 Å². The normalized spacial score (nSPS) is 10.4. The van der Waals surface area contributed by atoms with Crippen molar-refractivity contribution in [3.63, 3.8) is 0 Å². The monoisotopic (exact) mass is 630 g/mol. The van der Waals surface area contributed by atoms with Gasteiger partial charge in [0, 0.05) is 37.1 Å². The van der Waals surface area contributed by atoms with E-state index in [9.17, 15) is 9.59 Å². The lowest BCUT2D eigenvalue weighted by Crippen LogP contribution is -2.30. The fourth-order valence-corrected chi connectivity index (χ4v) is 3.89. The summed E-state index contributed by atoms with van der Waals surface area (Å²) in [6.07, 6.45) is 1.58.